The molecule has 3 nitrogen and oxygen atoms in total. The fourth-order valence-corrected chi connectivity index (χ4v) is 2.96. The second-order valence-corrected chi connectivity index (χ2v) is 7.06. The summed E-state index contributed by atoms with van der Waals surface area (Å²) in [6.45, 7) is 5.01. The van der Waals surface area contributed by atoms with Gasteiger partial charge in [0.25, 0.3) is 0 Å². The van der Waals surface area contributed by atoms with Crippen LogP contribution in [0.15, 0.2) is 4.99 Å². The molecule has 0 aromatic heterocycles. The molecule has 16 heavy (non-hydrogen) atoms. The number of hydrogen-bond acceptors (Lipinski definition) is 3. The number of nitrogens with one attached hydrogen (secondary N) is 1. The Morgan fingerprint density at radius 2 is 2.44 bits per heavy atom. The molecule has 1 aliphatic heterocycles. The number of amidine groups is 1. The molecule has 3 unspecified atom stereocenters. The number of aliphatic imine (C=N–C) groups is 1. The van der Waals surface area contributed by atoms with Gasteiger partial charge in [-0.25, -0.2) is 0 Å². The standard InChI is InChI=1S/C11H22N2OS2/c1-4-10-6-8-15-11(13-10)12-7-5-9(2)16(3)14/h9-10H,4-8H2,1-3H3,(H,12,13). The van der Waals surface area contributed by atoms with Crippen LogP contribution in [0.2, 0.25) is 0 Å². The zero-order valence-electron chi connectivity index (χ0n) is 10.4. The van der Waals surface area contributed by atoms with Gasteiger partial charge in [0, 0.05) is 40.6 Å². The molecule has 0 aromatic carbocycles. The van der Waals surface area contributed by atoms with Gasteiger partial charge in [-0.1, -0.05) is 25.6 Å². The summed E-state index contributed by atoms with van der Waals surface area (Å²) in [5.41, 5.74) is 0. The smallest absolute Gasteiger partial charge is 0.156 e. The van der Waals surface area contributed by atoms with Crippen LogP contribution in [0.1, 0.15) is 33.1 Å². The van der Waals surface area contributed by atoms with E-state index in [4.69, 9.17) is 0 Å². The Morgan fingerprint density at radius 1 is 1.69 bits per heavy atom. The molecule has 0 radical (unpaired) electrons. The Morgan fingerprint density at radius 3 is 3.06 bits per heavy atom. The molecule has 1 saturated heterocycles. The van der Waals surface area contributed by atoms with Crippen molar-refractivity contribution in [3.8, 4) is 0 Å². The van der Waals surface area contributed by atoms with Gasteiger partial charge in [0.1, 0.15) is 0 Å². The zero-order valence-corrected chi connectivity index (χ0v) is 12.0. The third-order valence-electron chi connectivity index (χ3n) is 2.88. The summed E-state index contributed by atoms with van der Waals surface area (Å²) in [7, 11) is -0.722. The average Bonchev–Trinajstić information content (AvgIpc) is 2.29. The molecule has 5 heteroatoms. The van der Waals surface area contributed by atoms with E-state index in [0.29, 0.717) is 6.04 Å². The summed E-state index contributed by atoms with van der Waals surface area (Å²) in [5.74, 6) is 1.17. The second-order valence-electron chi connectivity index (χ2n) is 4.17. The molecule has 0 aromatic rings. The molecule has 1 rings (SSSR count). The predicted octanol–water partition coefficient (Wildman–Crippen LogP) is 2.00. The van der Waals surface area contributed by atoms with Gasteiger partial charge in [-0.05, 0) is 19.3 Å². The largest absolute Gasteiger partial charge is 0.362 e. The van der Waals surface area contributed by atoms with E-state index in [1.165, 1.54) is 12.2 Å². The van der Waals surface area contributed by atoms with Gasteiger partial charge in [0.2, 0.25) is 0 Å². The first kappa shape index (κ1) is 14.0. The highest BCUT2D eigenvalue weighted by molar-refractivity contribution is 8.13. The van der Waals surface area contributed by atoms with Crippen molar-refractivity contribution in [2.24, 2.45) is 4.99 Å². The van der Waals surface area contributed by atoms with Crippen LogP contribution in [0.25, 0.3) is 0 Å². The topological polar surface area (TPSA) is 41.5 Å². The predicted molar refractivity (Wildman–Crippen MR) is 74.7 cm³/mol. The summed E-state index contributed by atoms with van der Waals surface area (Å²) in [6, 6.07) is 0.595. The monoisotopic (exact) mass is 262 g/mol. The van der Waals surface area contributed by atoms with Gasteiger partial charge in [0.15, 0.2) is 5.17 Å². The Bertz CT molecular complexity index is 269. The van der Waals surface area contributed by atoms with Crippen molar-refractivity contribution >= 4 is 27.7 Å². The van der Waals surface area contributed by atoms with Crippen LogP contribution in [0, 0.1) is 0 Å². The van der Waals surface area contributed by atoms with Gasteiger partial charge < -0.3 is 5.32 Å². The highest BCUT2D eigenvalue weighted by atomic mass is 32.2. The fraction of sp³-hybridized carbons (Fsp3) is 0.909. The van der Waals surface area contributed by atoms with Crippen molar-refractivity contribution in [1.82, 2.24) is 5.32 Å². The van der Waals surface area contributed by atoms with E-state index in [-0.39, 0.29) is 5.25 Å². The minimum atomic E-state index is -0.722. The van der Waals surface area contributed by atoms with Crippen LogP contribution in [-0.4, -0.2) is 39.2 Å². The molecule has 1 N–H and O–H groups in total. The van der Waals surface area contributed by atoms with Crippen LogP contribution in [0.5, 0.6) is 0 Å². The van der Waals surface area contributed by atoms with Gasteiger partial charge in [-0.15, -0.1) is 0 Å². The lowest BCUT2D eigenvalue weighted by Crippen LogP contribution is -2.37. The molecule has 0 aliphatic carbocycles. The minimum Gasteiger partial charge on any atom is -0.362 e. The molecule has 94 valence electrons. The molecule has 0 amide bonds. The van der Waals surface area contributed by atoms with Gasteiger partial charge >= 0.3 is 0 Å². The van der Waals surface area contributed by atoms with E-state index in [1.807, 2.05) is 6.92 Å². The lowest BCUT2D eigenvalue weighted by Gasteiger charge is -2.24. The summed E-state index contributed by atoms with van der Waals surface area (Å²) >= 11 is 1.81. The van der Waals surface area contributed by atoms with Gasteiger partial charge in [0.05, 0.1) is 0 Å². The van der Waals surface area contributed by atoms with Crippen LogP contribution in [-0.2, 0) is 10.8 Å². The van der Waals surface area contributed by atoms with E-state index in [2.05, 4.69) is 17.2 Å². The SMILES string of the molecule is CCC1CCSC(=NCCC(C)S(C)=O)N1. The quantitative estimate of drug-likeness (QED) is 0.824. The molecule has 1 heterocycles. The molecular weight excluding hydrogens is 240 g/mol. The van der Waals surface area contributed by atoms with Crippen LogP contribution < -0.4 is 5.32 Å². The molecule has 0 spiro atoms. The first-order valence-electron chi connectivity index (χ1n) is 5.89. The van der Waals surface area contributed by atoms with Gasteiger partial charge in [-0.3, -0.25) is 9.20 Å². The summed E-state index contributed by atoms with van der Waals surface area (Å²) < 4.78 is 11.2. The third kappa shape index (κ3) is 4.87. The van der Waals surface area contributed by atoms with Crippen molar-refractivity contribution in [3.63, 3.8) is 0 Å². The maximum atomic E-state index is 11.2. The summed E-state index contributed by atoms with van der Waals surface area (Å²) in [6.07, 6.45) is 5.06. The fourth-order valence-electron chi connectivity index (χ4n) is 1.50. The van der Waals surface area contributed by atoms with E-state index in [9.17, 15) is 4.21 Å². The summed E-state index contributed by atoms with van der Waals surface area (Å²) in [4.78, 5) is 4.54. The lowest BCUT2D eigenvalue weighted by molar-refractivity contribution is 0.570. The Hall–Kier alpha value is -0.0300. The van der Waals surface area contributed by atoms with E-state index in [0.717, 1.165) is 24.6 Å². The Labute approximate surface area is 105 Å². The molecule has 0 bridgehead atoms. The number of hydrogen-bond donors (Lipinski definition) is 1. The van der Waals surface area contributed by atoms with Crippen molar-refractivity contribution in [2.45, 2.75) is 44.4 Å². The highest BCUT2D eigenvalue weighted by Gasteiger charge is 2.15. The van der Waals surface area contributed by atoms with Crippen molar-refractivity contribution in [2.75, 3.05) is 18.6 Å². The normalized spacial score (nSPS) is 27.4. The molecule has 0 saturated carbocycles. The Balaban J connectivity index is 2.31. The first-order valence-corrected chi connectivity index (χ1v) is 8.50. The van der Waals surface area contributed by atoms with Crippen LogP contribution in [0.4, 0.5) is 0 Å². The minimum absolute atomic E-state index is 0.250. The van der Waals surface area contributed by atoms with Crippen molar-refractivity contribution < 1.29 is 4.21 Å². The Kier molecular flexibility index (Phi) is 6.43. The highest BCUT2D eigenvalue weighted by Crippen LogP contribution is 2.15. The van der Waals surface area contributed by atoms with Crippen LogP contribution in [0.3, 0.4) is 0 Å². The molecule has 3 atom stereocenters. The van der Waals surface area contributed by atoms with Crippen LogP contribution >= 0.6 is 11.8 Å². The van der Waals surface area contributed by atoms with E-state index in [1.54, 1.807) is 18.0 Å². The molecule has 1 aliphatic rings. The maximum Gasteiger partial charge on any atom is 0.156 e. The molecular formula is C11H22N2OS2. The van der Waals surface area contributed by atoms with Crippen molar-refractivity contribution in [1.29, 1.82) is 0 Å². The molecule has 1 fully saturated rings. The van der Waals surface area contributed by atoms with E-state index >= 15 is 0 Å². The maximum absolute atomic E-state index is 11.2. The summed E-state index contributed by atoms with van der Waals surface area (Å²) in [5, 5.41) is 4.77. The lowest BCUT2D eigenvalue weighted by atomic mass is 10.2. The third-order valence-corrected chi connectivity index (χ3v) is 5.21. The number of rotatable bonds is 5. The average molecular weight is 262 g/mol. The van der Waals surface area contributed by atoms with Crippen molar-refractivity contribution in [3.05, 3.63) is 0 Å². The second kappa shape index (κ2) is 7.33. The van der Waals surface area contributed by atoms with E-state index < -0.39 is 10.8 Å². The number of nitrogens with zero attached hydrogens (tertiary/aromatic N) is 1. The number of thioether (sulfide) groups is 1. The zero-order chi connectivity index (χ0) is 12.0. The van der Waals surface area contributed by atoms with Gasteiger partial charge in [-0.2, -0.15) is 0 Å². The first-order chi connectivity index (χ1) is 7.63.